The van der Waals surface area contributed by atoms with Crippen molar-refractivity contribution in [1.29, 1.82) is 0 Å². The van der Waals surface area contributed by atoms with E-state index in [0.29, 0.717) is 16.3 Å². The van der Waals surface area contributed by atoms with Gasteiger partial charge in [0.05, 0.1) is 6.21 Å². The standard InChI is InChI=1S/C17H15ClF2N2O3/c1-11-8-13(18)6-7-14(11)22-16(23)10-24-21-9-12-4-2-3-5-15(12)25-17(19)20/h2-9,17H,10H2,1H3,(H,22,23)/b21-9+. The van der Waals surface area contributed by atoms with E-state index >= 15 is 0 Å². The third-order valence-corrected chi connectivity index (χ3v) is 3.29. The second-order valence-electron chi connectivity index (χ2n) is 4.93. The van der Waals surface area contributed by atoms with Crippen LogP contribution in [0.5, 0.6) is 5.75 Å². The number of alkyl halides is 2. The van der Waals surface area contributed by atoms with E-state index < -0.39 is 12.5 Å². The summed E-state index contributed by atoms with van der Waals surface area (Å²) in [5, 5.41) is 6.82. The molecule has 0 aliphatic heterocycles. The molecule has 0 unspecified atom stereocenters. The fraction of sp³-hybridized carbons (Fsp3) is 0.176. The highest BCUT2D eigenvalue weighted by molar-refractivity contribution is 6.30. The second kappa shape index (κ2) is 8.98. The van der Waals surface area contributed by atoms with Gasteiger partial charge in [-0.15, -0.1) is 0 Å². The van der Waals surface area contributed by atoms with Crippen LogP contribution < -0.4 is 10.1 Å². The summed E-state index contributed by atoms with van der Waals surface area (Å²) in [7, 11) is 0. The van der Waals surface area contributed by atoms with E-state index in [9.17, 15) is 13.6 Å². The summed E-state index contributed by atoms with van der Waals surface area (Å²) in [4.78, 5) is 16.7. The molecule has 8 heteroatoms. The number of para-hydroxylation sites is 1. The highest BCUT2D eigenvalue weighted by Gasteiger charge is 2.08. The summed E-state index contributed by atoms with van der Waals surface area (Å²) < 4.78 is 29.0. The number of ether oxygens (including phenoxy) is 1. The van der Waals surface area contributed by atoms with Gasteiger partial charge in [0.25, 0.3) is 5.91 Å². The summed E-state index contributed by atoms with van der Waals surface area (Å²) in [5.74, 6) is -0.453. The highest BCUT2D eigenvalue weighted by Crippen LogP contribution is 2.20. The van der Waals surface area contributed by atoms with E-state index in [2.05, 4.69) is 15.2 Å². The summed E-state index contributed by atoms with van der Waals surface area (Å²) in [6.45, 7) is -1.47. The zero-order chi connectivity index (χ0) is 18.2. The van der Waals surface area contributed by atoms with Gasteiger partial charge in [0.15, 0.2) is 6.61 Å². The number of rotatable bonds is 7. The Morgan fingerprint density at radius 3 is 2.80 bits per heavy atom. The lowest BCUT2D eigenvalue weighted by atomic mass is 10.2. The van der Waals surface area contributed by atoms with Crippen LogP contribution in [0, 0.1) is 6.92 Å². The Balaban J connectivity index is 1.88. The number of oxime groups is 1. The number of halogens is 3. The van der Waals surface area contributed by atoms with Gasteiger partial charge >= 0.3 is 6.61 Å². The van der Waals surface area contributed by atoms with Crippen molar-refractivity contribution in [2.75, 3.05) is 11.9 Å². The monoisotopic (exact) mass is 368 g/mol. The van der Waals surface area contributed by atoms with Crippen LogP contribution in [0.2, 0.25) is 5.02 Å². The topological polar surface area (TPSA) is 59.9 Å². The maximum atomic E-state index is 12.3. The molecule has 0 saturated carbocycles. The van der Waals surface area contributed by atoms with Crippen molar-refractivity contribution in [3.05, 3.63) is 58.6 Å². The molecule has 1 N–H and O–H groups in total. The largest absolute Gasteiger partial charge is 0.434 e. The highest BCUT2D eigenvalue weighted by atomic mass is 35.5. The second-order valence-corrected chi connectivity index (χ2v) is 5.37. The zero-order valence-corrected chi connectivity index (χ0v) is 14.0. The van der Waals surface area contributed by atoms with Crippen LogP contribution in [0.4, 0.5) is 14.5 Å². The van der Waals surface area contributed by atoms with Gasteiger partial charge in [-0.2, -0.15) is 8.78 Å². The third kappa shape index (κ3) is 6.04. The Morgan fingerprint density at radius 2 is 2.08 bits per heavy atom. The molecule has 0 saturated heterocycles. The Kier molecular flexibility index (Phi) is 6.71. The molecular weight excluding hydrogens is 354 g/mol. The number of aryl methyl sites for hydroxylation is 1. The number of nitrogens with one attached hydrogen (secondary N) is 1. The molecule has 2 rings (SSSR count). The van der Waals surface area contributed by atoms with E-state index in [1.807, 2.05) is 0 Å². The zero-order valence-electron chi connectivity index (χ0n) is 13.2. The maximum Gasteiger partial charge on any atom is 0.387 e. The summed E-state index contributed by atoms with van der Waals surface area (Å²) >= 11 is 5.84. The average molecular weight is 369 g/mol. The van der Waals surface area contributed by atoms with Crippen LogP contribution in [-0.4, -0.2) is 25.3 Å². The summed E-state index contributed by atoms with van der Waals surface area (Å²) in [5.41, 5.74) is 1.72. The molecule has 0 spiro atoms. The lowest BCUT2D eigenvalue weighted by molar-refractivity contribution is -0.120. The third-order valence-electron chi connectivity index (χ3n) is 3.06. The van der Waals surface area contributed by atoms with Crippen LogP contribution in [-0.2, 0) is 9.63 Å². The molecule has 0 bridgehead atoms. The number of carbonyl (C=O) groups is 1. The van der Waals surface area contributed by atoms with Crippen LogP contribution in [0.1, 0.15) is 11.1 Å². The quantitative estimate of drug-likeness (QED) is 0.587. The molecule has 2 aromatic rings. The molecule has 0 atom stereocenters. The molecule has 2 aromatic carbocycles. The molecule has 0 aliphatic carbocycles. The molecule has 0 heterocycles. The number of amides is 1. The van der Waals surface area contributed by atoms with Crippen molar-refractivity contribution in [1.82, 2.24) is 0 Å². The van der Waals surface area contributed by atoms with Crippen molar-refractivity contribution >= 4 is 29.4 Å². The Labute approximate surface area is 148 Å². The van der Waals surface area contributed by atoms with Gasteiger partial charge in [-0.1, -0.05) is 28.9 Å². The lowest BCUT2D eigenvalue weighted by Gasteiger charge is -2.08. The summed E-state index contributed by atoms with van der Waals surface area (Å²) in [6.07, 6.45) is 1.19. The van der Waals surface area contributed by atoms with E-state index in [-0.39, 0.29) is 12.4 Å². The molecule has 0 aliphatic rings. The fourth-order valence-corrected chi connectivity index (χ4v) is 2.16. The van der Waals surface area contributed by atoms with Gasteiger partial charge < -0.3 is 14.9 Å². The molecule has 132 valence electrons. The molecule has 1 amide bonds. The normalized spacial score (nSPS) is 10.9. The number of carbonyl (C=O) groups excluding carboxylic acids is 1. The predicted molar refractivity (Wildman–Crippen MR) is 91.4 cm³/mol. The Bertz CT molecular complexity index is 769. The van der Waals surface area contributed by atoms with Gasteiger partial charge in [-0.05, 0) is 42.8 Å². The average Bonchev–Trinajstić information content (AvgIpc) is 2.55. The van der Waals surface area contributed by atoms with Crippen molar-refractivity contribution in [3.63, 3.8) is 0 Å². The molecule has 25 heavy (non-hydrogen) atoms. The number of hydrogen-bond acceptors (Lipinski definition) is 4. The van der Waals surface area contributed by atoms with Gasteiger partial charge in [0.1, 0.15) is 5.75 Å². The van der Waals surface area contributed by atoms with Crippen molar-refractivity contribution < 1.29 is 23.1 Å². The summed E-state index contributed by atoms with van der Waals surface area (Å²) in [6, 6.07) is 11.1. The maximum absolute atomic E-state index is 12.3. The number of hydrogen-bond donors (Lipinski definition) is 1. The predicted octanol–water partition coefficient (Wildman–Crippen LogP) is 4.24. The smallest absolute Gasteiger partial charge is 0.387 e. The minimum atomic E-state index is -2.94. The minimum absolute atomic E-state index is 0.0360. The first-order valence-corrected chi connectivity index (χ1v) is 7.58. The van der Waals surface area contributed by atoms with Crippen LogP contribution in [0.25, 0.3) is 0 Å². The SMILES string of the molecule is Cc1cc(Cl)ccc1NC(=O)CO/N=C/c1ccccc1OC(F)F. The number of anilines is 1. The van der Waals surface area contributed by atoms with E-state index in [1.165, 1.54) is 18.3 Å². The van der Waals surface area contributed by atoms with E-state index in [0.717, 1.165) is 5.56 Å². The fourth-order valence-electron chi connectivity index (χ4n) is 1.93. The molecule has 0 fully saturated rings. The van der Waals surface area contributed by atoms with Gasteiger partial charge in [0, 0.05) is 16.3 Å². The van der Waals surface area contributed by atoms with Crippen molar-refractivity contribution in [2.24, 2.45) is 5.16 Å². The van der Waals surface area contributed by atoms with Gasteiger partial charge in [-0.25, -0.2) is 0 Å². The van der Waals surface area contributed by atoms with Crippen molar-refractivity contribution in [2.45, 2.75) is 13.5 Å². The van der Waals surface area contributed by atoms with E-state index in [4.69, 9.17) is 16.4 Å². The molecular formula is C17H15ClF2N2O3. The lowest BCUT2D eigenvalue weighted by Crippen LogP contribution is -2.17. The van der Waals surface area contributed by atoms with E-state index in [1.54, 1.807) is 37.3 Å². The minimum Gasteiger partial charge on any atom is -0.434 e. The van der Waals surface area contributed by atoms with Gasteiger partial charge in [-0.3, -0.25) is 4.79 Å². The van der Waals surface area contributed by atoms with Gasteiger partial charge in [0.2, 0.25) is 0 Å². The van der Waals surface area contributed by atoms with Crippen LogP contribution in [0.15, 0.2) is 47.6 Å². The molecule has 0 radical (unpaired) electrons. The number of benzene rings is 2. The Morgan fingerprint density at radius 1 is 1.32 bits per heavy atom. The molecule has 5 nitrogen and oxygen atoms in total. The first-order chi connectivity index (χ1) is 12.0. The van der Waals surface area contributed by atoms with Crippen LogP contribution in [0.3, 0.4) is 0 Å². The Hall–Kier alpha value is -2.67. The van der Waals surface area contributed by atoms with Crippen LogP contribution >= 0.6 is 11.6 Å². The number of nitrogens with zero attached hydrogens (tertiary/aromatic N) is 1. The van der Waals surface area contributed by atoms with Crippen molar-refractivity contribution in [3.8, 4) is 5.75 Å². The first-order valence-electron chi connectivity index (χ1n) is 7.21. The first kappa shape index (κ1) is 18.7. The molecule has 0 aromatic heterocycles.